The third-order valence-electron chi connectivity index (χ3n) is 4.17. The van der Waals surface area contributed by atoms with Crippen molar-refractivity contribution in [1.82, 2.24) is 9.78 Å². The molecule has 1 N–H and O–H groups in total. The second kappa shape index (κ2) is 6.64. The standard InChI is InChI=1S/C17H19N3O3/c21-16(22)12-19(13-6-2-1-3-7-13)17(23)15-10-11-18-20(15)14-8-4-5-9-14/h1-3,6-7,10-11,14H,4-5,8-9,12H2,(H,21,22). The Morgan fingerprint density at radius 1 is 1.17 bits per heavy atom. The number of carbonyl (C=O) groups is 2. The highest BCUT2D eigenvalue weighted by atomic mass is 16.4. The fourth-order valence-electron chi connectivity index (χ4n) is 3.09. The minimum absolute atomic E-state index is 0.228. The zero-order chi connectivity index (χ0) is 16.2. The molecule has 6 heteroatoms. The molecule has 1 amide bonds. The molecule has 0 radical (unpaired) electrons. The maximum Gasteiger partial charge on any atom is 0.323 e. The van der Waals surface area contributed by atoms with Crippen LogP contribution in [0.5, 0.6) is 0 Å². The number of anilines is 1. The minimum Gasteiger partial charge on any atom is -0.480 e. The number of hydrogen-bond donors (Lipinski definition) is 1. The number of amides is 1. The fourth-order valence-corrected chi connectivity index (χ4v) is 3.09. The zero-order valence-corrected chi connectivity index (χ0v) is 12.8. The Morgan fingerprint density at radius 2 is 1.87 bits per heavy atom. The molecule has 1 aromatic heterocycles. The van der Waals surface area contributed by atoms with Crippen LogP contribution in [0, 0.1) is 0 Å². The Labute approximate surface area is 134 Å². The van der Waals surface area contributed by atoms with E-state index in [1.165, 1.54) is 4.90 Å². The third kappa shape index (κ3) is 3.26. The lowest BCUT2D eigenvalue weighted by Crippen LogP contribution is -2.37. The van der Waals surface area contributed by atoms with Crippen molar-refractivity contribution in [2.24, 2.45) is 0 Å². The van der Waals surface area contributed by atoms with Crippen molar-refractivity contribution in [3.8, 4) is 0 Å². The lowest BCUT2D eigenvalue weighted by atomic mass is 10.2. The van der Waals surface area contributed by atoms with Gasteiger partial charge in [0.25, 0.3) is 5.91 Å². The van der Waals surface area contributed by atoms with Crippen molar-refractivity contribution in [3.05, 3.63) is 48.3 Å². The lowest BCUT2D eigenvalue weighted by molar-refractivity contribution is -0.135. The molecule has 1 aliphatic carbocycles. The third-order valence-corrected chi connectivity index (χ3v) is 4.17. The first-order chi connectivity index (χ1) is 11.2. The first-order valence-corrected chi connectivity index (χ1v) is 7.79. The molecule has 2 aromatic rings. The van der Waals surface area contributed by atoms with Gasteiger partial charge >= 0.3 is 5.97 Å². The summed E-state index contributed by atoms with van der Waals surface area (Å²) in [4.78, 5) is 25.4. The predicted molar refractivity (Wildman–Crippen MR) is 85.5 cm³/mol. The van der Waals surface area contributed by atoms with Gasteiger partial charge in [-0.1, -0.05) is 31.0 Å². The minimum atomic E-state index is -1.05. The van der Waals surface area contributed by atoms with Crippen molar-refractivity contribution >= 4 is 17.6 Å². The summed E-state index contributed by atoms with van der Waals surface area (Å²) in [6, 6.07) is 10.8. The average Bonchev–Trinajstić information content (AvgIpc) is 3.23. The molecule has 1 saturated carbocycles. The quantitative estimate of drug-likeness (QED) is 0.921. The number of carboxylic acids is 1. The molecule has 6 nitrogen and oxygen atoms in total. The molecule has 1 aliphatic rings. The van der Waals surface area contributed by atoms with Gasteiger partial charge in [-0.2, -0.15) is 5.10 Å². The summed E-state index contributed by atoms with van der Waals surface area (Å²) in [5, 5.41) is 13.5. The van der Waals surface area contributed by atoms with Crippen LogP contribution in [0.1, 0.15) is 42.2 Å². The van der Waals surface area contributed by atoms with Gasteiger partial charge in [-0.25, -0.2) is 0 Å². The molecule has 1 aromatic carbocycles. The van der Waals surface area contributed by atoms with Crippen molar-refractivity contribution in [2.45, 2.75) is 31.7 Å². The summed E-state index contributed by atoms with van der Waals surface area (Å²) >= 11 is 0. The van der Waals surface area contributed by atoms with Crippen molar-refractivity contribution < 1.29 is 14.7 Å². The van der Waals surface area contributed by atoms with E-state index >= 15 is 0 Å². The van der Waals surface area contributed by atoms with Crippen molar-refractivity contribution in [1.29, 1.82) is 0 Å². The first-order valence-electron chi connectivity index (χ1n) is 7.79. The molecule has 3 rings (SSSR count). The Hall–Kier alpha value is -2.63. The van der Waals surface area contributed by atoms with E-state index in [0.29, 0.717) is 11.4 Å². The van der Waals surface area contributed by atoms with E-state index in [0.717, 1.165) is 25.7 Å². The van der Waals surface area contributed by atoms with Crippen LogP contribution in [0.2, 0.25) is 0 Å². The van der Waals surface area contributed by atoms with Gasteiger partial charge in [0.15, 0.2) is 0 Å². The van der Waals surface area contributed by atoms with Gasteiger partial charge in [-0.3, -0.25) is 19.2 Å². The molecule has 23 heavy (non-hydrogen) atoms. The highest BCUT2D eigenvalue weighted by Crippen LogP contribution is 2.30. The van der Waals surface area contributed by atoms with Crippen molar-refractivity contribution in [3.63, 3.8) is 0 Å². The first kappa shape index (κ1) is 15.3. The normalized spacial score (nSPS) is 14.8. The Kier molecular flexibility index (Phi) is 4.41. The number of carboxylic acid groups (broad SMARTS) is 1. The van der Waals surface area contributed by atoms with Gasteiger partial charge in [-0.05, 0) is 31.0 Å². The molecule has 0 bridgehead atoms. The molecule has 0 saturated heterocycles. The Balaban J connectivity index is 1.92. The van der Waals surface area contributed by atoms with Crippen LogP contribution < -0.4 is 4.90 Å². The monoisotopic (exact) mass is 313 g/mol. The fraction of sp³-hybridized carbons (Fsp3) is 0.353. The molecular weight excluding hydrogens is 294 g/mol. The molecular formula is C17H19N3O3. The van der Waals surface area contributed by atoms with Gasteiger partial charge in [0, 0.05) is 11.9 Å². The second-order valence-electron chi connectivity index (χ2n) is 5.72. The van der Waals surface area contributed by atoms with Crippen LogP contribution in [0.3, 0.4) is 0 Å². The summed E-state index contributed by atoms with van der Waals surface area (Å²) in [5.41, 5.74) is 1.01. The highest BCUT2D eigenvalue weighted by Gasteiger charge is 2.27. The van der Waals surface area contributed by atoms with E-state index in [-0.39, 0.29) is 18.5 Å². The van der Waals surface area contributed by atoms with Crippen LogP contribution >= 0.6 is 0 Å². The number of nitrogens with zero attached hydrogens (tertiary/aromatic N) is 3. The summed E-state index contributed by atoms with van der Waals surface area (Å²) in [6.07, 6.45) is 5.89. The number of carbonyl (C=O) groups excluding carboxylic acids is 1. The number of aliphatic carboxylic acids is 1. The molecule has 0 aliphatic heterocycles. The topological polar surface area (TPSA) is 75.4 Å². The predicted octanol–water partition coefficient (Wildman–Crippen LogP) is 2.73. The van der Waals surface area contributed by atoms with E-state index in [4.69, 9.17) is 5.11 Å². The van der Waals surface area contributed by atoms with Crippen LogP contribution in [0.25, 0.3) is 0 Å². The number of para-hydroxylation sites is 1. The van der Waals surface area contributed by atoms with Crippen LogP contribution in [-0.2, 0) is 4.79 Å². The number of aromatic nitrogens is 2. The number of hydrogen-bond acceptors (Lipinski definition) is 3. The maximum atomic E-state index is 12.9. The van der Waals surface area contributed by atoms with Gasteiger partial charge < -0.3 is 5.11 Å². The summed E-state index contributed by atoms with van der Waals surface area (Å²) in [5.74, 6) is -1.38. The molecule has 1 heterocycles. The van der Waals surface area contributed by atoms with E-state index < -0.39 is 5.97 Å². The largest absolute Gasteiger partial charge is 0.480 e. The summed E-state index contributed by atoms with van der Waals surface area (Å²) in [7, 11) is 0. The van der Waals surface area contributed by atoms with Gasteiger partial charge in [-0.15, -0.1) is 0 Å². The smallest absolute Gasteiger partial charge is 0.323 e. The van der Waals surface area contributed by atoms with E-state index in [9.17, 15) is 9.59 Å². The zero-order valence-electron chi connectivity index (χ0n) is 12.8. The highest BCUT2D eigenvalue weighted by molar-refractivity contribution is 6.07. The SMILES string of the molecule is O=C(O)CN(C(=O)c1ccnn1C1CCCC1)c1ccccc1. The lowest BCUT2D eigenvalue weighted by Gasteiger charge is -2.22. The molecule has 120 valence electrons. The van der Waals surface area contributed by atoms with Crippen LogP contribution in [0.4, 0.5) is 5.69 Å². The Morgan fingerprint density at radius 3 is 2.52 bits per heavy atom. The van der Waals surface area contributed by atoms with Gasteiger partial charge in [0.2, 0.25) is 0 Å². The molecule has 1 fully saturated rings. The summed E-state index contributed by atoms with van der Waals surface area (Å²) in [6.45, 7) is -0.376. The van der Waals surface area contributed by atoms with Gasteiger partial charge in [0.05, 0.1) is 6.04 Å². The average molecular weight is 313 g/mol. The number of benzene rings is 1. The molecule has 0 unspecified atom stereocenters. The van der Waals surface area contributed by atoms with Crippen LogP contribution in [0.15, 0.2) is 42.6 Å². The van der Waals surface area contributed by atoms with Crippen LogP contribution in [-0.4, -0.2) is 33.3 Å². The van der Waals surface area contributed by atoms with Crippen molar-refractivity contribution in [2.75, 3.05) is 11.4 Å². The number of rotatable bonds is 5. The van der Waals surface area contributed by atoms with E-state index in [1.54, 1.807) is 41.2 Å². The second-order valence-corrected chi connectivity index (χ2v) is 5.72. The van der Waals surface area contributed by atoms with E-state index in [2.05, 4.69) is 5.10 Å². The summed E-state index contributed by atoms with van der Waals surface area (Å²) < 4.78 is 1.76. The Bertz CT molecular complexity index is 690. The van der Waals surface area contributed by atoms with E-state index in [1.807, 2.05) is 6.07 Å². The maximum absolute atomic E-state index is 12.9. The molecule has 0 spiro atoms. The molecule has 0 atom stereocenters. The van der Waals surface area contributed by atoms with Gasteiger partial charge in [0.1, 0.15) is 12.2 Å².